The number of amides is 2. The predicted octanol–water partition coefficient (Wildman–Crippen LogP) is 2.34. The number of imidazole rings is 1. The smallest absolute Gasteiger partial charge is 0.317 e. The summed E-state index contributed by atoms with van der Waals surface area (Å²) in [5.74, 6) is 0. The minimum atomic E-state index is -0.840. The van der Waals surface area contributed by atoms with E-state index in [1.807, 2.05) is 48.2 Å². The third-order valence-electron chi connectivity index (χ3n) is 4.83. The summed E-state index contributed by atoms with van der Waals surface area (Å²) in [6, 6.07) is 9.60. The number of benzene rings is 1. The van der Waals surface area contributed by atoms with E-state index in [4.69, 9.17) is 0 Å². The summed E-state index contributed by atoms with van der Waals surface area (Å²) >= 11 is 1.58. The maximum Gasteiger partial charge on any atom is 0.317 e. The van der Waals surface area contributed by atoms with E-state index in [0.717, 1.165) is 16.4 Å². The van der Waals surface area contributed by atoms with Crippen molar-refractivity contribution in [2.24, 2.45) is 7.05 Å². The number of thioether (sulfide) groups is 1. The fourth-order valence-corrected chi connectivity index (χ4v) is 3.72. The summed E-state index contributed by atoms with van der Waals surface area (Å²) in [6.07, 6.45) is 4.86. The molecule has 2 N–H and O–H groups in total. The molecule has 1 aliphatic rings. The highest BCUT2D eigenvalue weighted by atomic mass is 32.2. The Kier molecular flexibility index (Phi) is 5.34. The maximum absolute atomic E-state index is 12.4. The summed E-state index contributed by atoms with van der Waals surface area (Å²) in [7, 11) is 1.95. The van der Waals surface area contributed by atoms with Crippen molar-refractivity contribution in [3.63, 3.8) is 0 Å². The van der Waals surface area contributed by atoms with Gasteiger partial charge in [0.05, 0.1) is 24.0 Å². The molecule has 0 saturated carbocycles. The van der Waals surface area contributed by atoms with Crippen molar-refractivity contribution >= 4 is 17.8 Å². The first kappa shape index (κ1) is 17.8. The molecular weight excluding hydrogens is 336 g/mol. The topological polar surface area (TPSA) is 70.4 Å². The van der Waals surface area contributed by atoms with Gasteiger partial charge in [-0.15, -0.1) is 0 Å². The number of piperidine rings is 1. The summed E-state index contributed by atoms with van der Waals surface area (Å²) < 4.78 is 1.98. The van der Waals surface area contributed by atoms with Gasteiger partial charge in [0.2, 0.25) is 0 Å². The fraction of sp³-hybridized carbons (Fsp3) is 0.444. The lowest BCUT2D eigenvalue weighted by molar-refractivity contribution is -0.0168. The van der Waals surface area contributed by atoms with Crippen LogP contribution in [-0.2, 0) is 19.2 Å². The molecule has 1 fully saturated rings. The number of urea groups is 1. The van der Waals surface area contributed by atoms with Gasteiger partial charge in [0.15, 0.2) is 5.16 Å². The number of nitrogens with zero attached hydrogens (tertiary/aromatic N) is 3. The molecule has 1 aromatic carbocycles. The second-order valence-electron chi connectivity index (χ2n) is 6.34. The Balaban J connectivity index is 1.54. The van der Waals surface area contributed by atoms with Gasteiger partial charge in [-0.1, -0.05) is 42.1 Å². The molecule has 0 unspecified atom stereocenters. The van der Waals surface area contributed by atoms with E-state index in [1.54, 1.807) is 22.9 Å². The number of aromatic nitrogens is 2. The Morgan fingerprint density at radius 2 is 2.00 bits per heavy atom. The lowest BCUT2D eigenvalue weighted by Gasteiger charge is -2.38. The van der Waals surface area contributed by atoms with Crippen LogP contribution in [0.2, 0.25) is 0 Å². The maximum atomic E-state index is 12.4. The molecule has 2 heterocycles. The second-order valence-corrected chi connectivity index (χ2v) is 7.11. The summed E-state index contributed by atoms with van der Waals surface area (Å²) in [6.45, 7) is 1.53. The van der Waals surface area contributed by atoms with E-state index in [9.17, 15) is 9.90 Å². The molecule has 0 spiro atoms. The molecule has 1 aliphatic heterocycles. The summed E-state index contributed by atoms with van der Waals surface area (Å²) in [5, 5.41) is 14.7. The monoisotopic (exact) mass is 360 g/mol. The van der Waals surface area contributed by atoms with Gasteiger partial charge in [-0.05, 0) is 24.7 Å². The predicted molar refractivity (Wildman–Crippen MR) is 98.4 cm³/mol. The van der Waals surface area contributed by atoms with E-state index >= 15 is 0 Å². The van der Waals surface area contributed by atoms with Crippen molar-refractivity contribution in [3.8, 4) is 0 Å². The fourth-order valence-electron chi connectivity index (χ4n) is 3.17. The number of likely N-dealkylation sites (tertiary alicyclic amines) is 1. The second kappa shape index (κ2) is 7.49. The highest BCUT2D eigenvalue weighted by molar-refractivity contribution is 7.98. The van der Waals surface area contributed by atoms with Crippen LogP contribution >= 0.6 is 11.8 Å². The number of carbonyl (C=O) groups is 1. The van der Waals surface area contributed by atoms with Gasteiger partial charge in [0, 0.05) is 20.1 Å². The van der Waals surface area contributed by atoms with Crippen molar-refractivity contribution in [2.45, 2.75) is 30.1 Å². The minimum Gasteiger partial charge on any atom is -0.385 e. The lowest BCUT2D eigenvalue weighted by atomic mass is 9.84. The minimum absolute atomic E-state index is 0.0954. The van der Waals surface area contributed by atoms with Crippen LogP contribution in [0.25, 0.3) is 0 Å². The molecule has 0 radical (unpaired) electrons. The largest absolute Gasteiger partial charge is 0.385 e. The van der Waals surface area contributed by atoms with E-state index in [2.05, 4.69) is 10.3 Å². The number of nitrogens with one attached hydrogen (secondary N) is 1. The number of hydrogen-bond acceptors (Lipinski definition) is 4. The zero-order valence-electron chi connectivity index (χ0n) is 14.6. The average molecular weight is 360 g/mol. The molecule has 2 aromatic rings. The van der Waals surface area contributed by atoms with Crippen LogP contribution in [0.15, 0.2) is 41.7 Å². The van der Waals surface area contributed by atoms with E-state index in [0.29, 0.717) is 32.5 Å². The van der Waals surface area contributed by atoms with Crippen molar-refractivity contribution in [2.75, 3.05) is 19.3 Å². The van der Waals surface area contributed by atoms with Gasteiger partial charge in [-0.3, -0.25) is 0 Å². The molecule has 0 aliphatic carbocycles. The molecule has 25 heavy (non-hydrogen) atoms. The Bertz CT molecular complexity index is 724. The molecule has 0 bridgehead atoms. The van der Waals surface area contributed by atoms with Gasteiger partial charge in [-0.25, -0.2) is 9.78 Å². The molecule has 3 rings (SSSR count). The van der Waals surface area contributed by atoms with Gasteiger partial charge in [0.25, 0.3) is 0 Å². The van der Waals surface area contributed by atoms with Crippen molar-refractivity contribution < 1.29 is 9.90 Å². The first-order valence-electron chi connectivity index (χ1n) is 8.39. The Morgan fingerprint density at radius 1 is 1.32 bits per heavy atom. The van der Waals surface area contributed by atoms with Gasteiger partial charge in [0.1, 0.15) is 0 Å². The van der Waals surface area contributed by atoms with Crippen molar-refractivity contribution in [1.29, 1.82) is 0 Å². The number of aliphatic hydroxyl groups is 1. The van der Waals surface area contributed by atoms with Crippen molar-refractivity contribution in [3.05, 3.63) is 47.8 Å². The highest BCUT2D eigenvalue weighted by Gasteiger charge is 2.35. The summed E-state index contributed by atoms with van der Waals surface area (Å²) in [4.78, 5) is 18.5. The zero-order valence-corrected chi connectivity index (χ0v) is 15.4. The lowest BCUT2D eigenvalue weighted by Crippen LogP contribution is -2.48. The molecule has 134 valence electrons. The van der Waals surface area contributed by atoms with E-state index < -0.39 is 5.60 Å². The summed E-state index contributed by atoms with van der Waals surface area (Å²) in [5.41, 5.74) is 1.05. The third kappa shape index (κ3) is 3.82. The quantitative estimate of drug-likeness (QED) is 0.821. The molecule has 1 aromatic heterocycles. The molecule has 6 nitrogen and oxygen atoms in total. The van der Waals surface area contributed by atoms with E-state index in [-0.39, 0.29) is 6.03 Å². The SMILES string of the molecule is CSc1ncc(CNC(=O)N2CCC(O)(c3ccccc3)CC2)n1C. The first-order chi connectivity index (χ1) is 12.0. The number of hydrogen-bond donors (Lipinski definition) is 2. The van der Waals surface area contributed by atoms with Crippen LogP contribution in [0.4, 0.5) is 4.79 Å². The Hall–Kier alpha value is -1.99. The Labute approximate surface area is 152 Å². The van der Waals surface area contributed by atoms with Crippen LogP contribution in [0.1, 0.15) is 24.1 Å². The van der Waals surface area contributed by atoms with Crippen LogP contribution < -0.4 is 5.32 Å². The van der Waals surface area contributed by atoms with Crippen LogP contribution in [0.3, 0.4) is 0 Å². The van der Waals surface area contributed by atoms with Crippen molar-refractivity contribution in [1.82, 2.24) is 19.8 Å². The van der Waals surface area contributed by atoms with Gasteiger partial charge < -0.3 is 19.9 Å². The molecule has 1 saturated heterocycles. The number of carbonyl (C=O) groups excluding carboxylic acids is 1. The Morgan fingerprint density at radius 3 is 2.60 bits per heavy atom. The highest BCUT2D eigenvalue weighted by Crippen LogP contribution is 2.32. The zero-order chi connectivity index (χ0) is 17.9. The van der Waals surface area contributed by atoms with Gasteiger partial charge in [-0.2, -0.15) is 0 Å². The molecule has 2 amide bonds. The van der Waals surface area contributed by atoms with Crippen LogP contribution in [0, 0.1) is 0 Å². The standard InChI is InChI=1S/C18H24N4O2S/c1-21-15(13-20-17(21)25-2)12-19-16(23)22-10-8-18(24,9-11-22)14-6-4-3-5-7-14/h3-7,13,24H,8-12H2,1-2H3,(H,19,23). The molecule has 0 atom stereocenters. The van der Waals surface area contributed by atoms with Crippen LogP contribution in [0.5, 0.6) is 0 Å². The van der Waals surface area contributed by atoms with Gasteiger partial charge >= 0.3 is 6.03 Å². The number of rotatable bonds is 4. The normalized spacial score (nSPS) is 16.7. The van der Waals surface area contributed by atoms with E-state index in [1.165, 1.54) is 0 Å². The van der Waals surface area contributed by atoms with Crippen LogP contribution in [-0.4, -0.2) is 44.9 Å². The molecule has 7 heteroatoms. The average Bonchev–Trinajstić information content (AvgIpc) is 3.01. The first-order valence-corrected chi connectivity index (χ1v) is 9.61. The third-order valence-corrected chi connectivity index (χ3v) is 5.58. The molecular formula is C18H24N4O2S.